The highest BCUT2D eigenvalue weighted by atomic mass is 32.2. The third-order valence-corrected chi connectivity index (χ3v) is 3.50. The number of carboxylic acid groups (broad SMARTS) is 1. The van der Waals surface area contributed by atoms with Gasteiger partial charge in [-0.15, -0.1) is 0 Å². The van der Waals surface area contributed by atoms with E-state index in [1.807, 2.05) is 0 Å². The van der Waals surface area contributed by atoms with Crippen molar-refractivity contribution in [1.29, 1.82) is 0 Å². The molecule has 2 aromatic rings. The number of carbonyl (C=O) groups is 1. The van der Waals surface area contributed by atoms with Crippen LogP contribution in [0.5, 0.6) is 0 Å². The van der Waals surface area contributed by atoms with E-state index in [0.717, 1.165) is 23.9 Å². The minimum absolute atomic E-state index is 0.0548. The summed E-state index contributed by atoms with van der Waals surface area (Å²) in [5.41, 5.74) is 6.09. The van der Waals surface area contributed by atoms with E-state index in [1.54, 1.807) is 0 Å². The van der Waals surface area contributed by atoms with Gasteiger partial charge in [-0.25, -0.2) is 13.6 Å². The largest absolute Gasteiger partial charge is 0.478 e. The molecule has 0 spiro atoms. The number of nitrogen functional groups attached to an aromatic ring is 1. The van der Waals surface area contributed by atoms with Gasteiger partial charge in [-0.3, -0.25) is 0 Å². The Labute approximate surface area is 112 Å². The zero-order valence-electron chi connectivity index (χ0n) is 9.56. The zero-order chi connectivity index (χ0) is 14.0. The molecule has 3 N–H and O–H groups in total. The van der Waals surface area contributed by atoms with Crippen LogP contribution in [0.25, 0.3) is 0 Å². The van der Waals surface area contributed by atoms with Gasteiger partial charge in [0.05, 0.1) is 5.56 Å². The molecule has 0 aliphatic rings. The van der Waals surface area contributed by atoms with E-state index in [9.17, 15) is 13.6 Å². The maximum Gasteiger partial charge on any atom is 0.335 e. The third-order valence-electron chi connectivity index (χ3n) is 2.37. The lowest BCUT2D eigenvalue weighted by atomic mass is 10.2. The predicted octanol–water partition coefficient (Wildman–Crippen LogP) is 3.40. The van der Waals surface area contributed by atoms with E-state index in [2.05, 4.69) is 0 Å². The minimum Gasteiger partial charge on any atom is -0.478 e. The molecule has 0 bridgehead atoms. The highest BCUT2D eigenvalue weighted by Gasteiger charge is 2.11. The molecule has 0 atom stereocenters. The molecule has 0 saturated carbocycles. The van der Waals surface area contributed by atoms with E-state index >= 15 is 0 Å². The molecule has 98 valence electrons. The van der Waals surface area contributed by atoms with Crippen LogP contribution in [-0.4, -0.2) is 11.1 Å². The normalized spacial score (nSPS) is 10.4. The highest BCUT2D eigenvalue weighted by molar-refractivity contribution is 7.99. The summed E-state index contributed by atoms with van der Waals surface area (Å²) in [6, 6.07) is 7.32. The summed E-state index contributed by atoms with van der Waals surface area (Å²) in [6.45, 7) is 0. The topological polar surface area (TPSA) is 63.3 Å². The van der Waals surface area contributed by atoms with Gasteiger partial charge in [-0.2, -0.15) is 0 Å². The molecule has 3 nitrogen and oxygen atoms in total. The molecule has 19 heavy (non-hydrogen) atoms. The molecule has 0 amide bonds. The van der Waals surface area contributed by atoms with Crippen LogP contribution in [0, 0.1) is 11.6 Å². The first kappa shape index (κ1) is 13.4. The Morgan fingerprint density at radius 3 is 2.47 bits per heavy atom. The van der Waals surface area contributed by atoms with Crippen molar-refractivity contribution >= 4 is 23.4 Å². The number of halogens is 2. The fraction of sp³-hybridized carbons (Fsp3) is 0. The first-order chi connectivity index (χ1) is 8.97. The number of anilines is 1. The Hall–Kier alpha value is -2.08. The Balaban J connectivity index is 2.37. The second-order valence-electron chi connectivity index (χ2n) is 3.73. The van der Waals surface area contributed by atoms with Gasteiger partial charge in [0.25, 0.3) is 0 Å². The second-order valence-corrected chi connectivity index (χ2v) is 4.82. The molecule has 0 radical (unpaired) electrons. The van der Waals surface area contributed by atoms with Crippen molar-refractivity contribution in [1.82, 2.24) is 0 Å². The van der Waals surface area contributed by atoms with Crippen molar-refractivity contribution in [2.24, 2.45) is 0 Å². The standard InChI is InChI=1S/C13H9F2NO2S/c14-8-2-4-11(9(15)6-8)19-12-5-7(13(17)18)1-3-10(12)16/h1-6H,16H2,(H,17,18). The van der Waals surface area contributed by atoms with Crippen LogP contribution in [0.1, 0.15) is 10.4 Å². The first-order valence-electron chi connectivity index (χ1n) is 5.23. The van der Waals surface area contributed by atoms with Gasteiger partial charge in [0.2, 0.25) is 0 Å². The SMILES string of the molecule is Nc1ccc(C(=O)O)cc1Sc1ccc(F)cc1F. The van der Waals surface area contributed by atoms with Crippen molar-refractivity contribution in [3.05, 3.63) is 53.6 Å². The summed E-state index contributed by atoms with van der Waals surface area (Å²) in [6.07, 6.45) is 0. The number of aromatic carboxylic acids is 1. The van der Waals surface area contributed by atoms with Crippen LogP contribution >= 0.6 is 11.8 Å². The number of rotatable bonds is 3. The summed E-state index contributed by atoms with van der Waals surface area (Å²) in [5, 5.41) is 8.88. The Morgan fingerprint density at radius 2 is 1.84 bits per heavy atom. The molecule has 2 rings (SSSR count). The minimum atomic E-state index is -1.10. The predicted molar refractivity (Wildman–Crippen MR) is 68.3 cm³/mol. The van der Waals surface area contributed by atoms with Gasteiger partial charge in [-0.1, -0.05) is 11.8 Å². The van der Waals surface area contributed by atoms with Gasteiger partial charge in [0.15, 0.2) is 0 Å². The van der Waals surface area contributed by atoms with Crippen molar-refractivity contribution in [3.8, 4) is 0 Å². The number of nitrogens with two attached hydrogens (primary N) is 1. The fourth-order valence-electron chi connectivity index (χ4n) is 1.43. The average molecular weight is 281 g/mol. The lowest BCUT2D eigenvalue weighted by Crippen LogP contribution is -1.98. The number of hydrogen-bond acceptors (Lipinski definition) is 3. The van der Waals surface area contributed by atoms with Crippen LogP contribution in [0.4, 0.5) is 14.5 Å². The lowest BCUT2D eigenvalue weighted by molar-refractivity contribution is 0.0696. The van der Waals surface area contributed by atoms with Gasteiger partial charge < -0.3 is 10.8 Å². The highest BCUT2D eigenvalue weighted by Crippen LogP contribution is 2.34. The maximum absolute atomic E-state index is 13.5. The van der Waals surface area contributed by atoms with E-state index in [4.69, 9.17) is 10.8 Å². The third kappa shape index (κ3) is 3.03. The van der Waals surface area contributed by atoms with Gasteiger partial charge in [0.1, 0.15) is 11.6 Å². The summed E-state index contributed by atoms with van der Waals surface area (Å²) >= 11 is 0.951. The van der Waals surface area contributed by atoms with Crippen LogP contribution in [0.15, 0.2) is 46.2 Å². The summed E-state index contributed by atoms with van der Waals surface area (Å²) in [7, 11) is 0. The summed E-state index contributed by atoms with van der Waals surface area (Å²) in [4.78, 5) is 11.4. The van der Waals surface area contributed by atoms with Crippen molar-refractivity contribution in [2.75, 3.05) is 5.73 Å². The summed E-state index contributed by atoms with van der Waals surface area (Å²) < 4.78 is 26.3. The summed E-state index contributed by atoms with van der Waals surface area (Å²) in [5.74, 6) is -2.49. The van der Waals surface area contributed by atoms with Gasteiger partial charge in [0, 0.05) is 21.5 Å². The smallest absolute Gasteiger partial charge is 0.335 e. The molecule has 0 unspecified atom stereocenters. The quantitative estimate of drug-likeness (QED) is 0.846. The zero-order valence-corrected chi connectivity index (χ0v) is 10.4. The average Bonchev–Trinajstić information content (AvgIpc) is 2.34. The van der Waals surface area contributed by atoms with Gasteiger partial charge >= 0.3 is 5.97 Å². The maximum atomic E-state index is 13.5. The lowest BCUT2D eigenvalue weighted by Gasteiger charge is -2.07. The number of carboxylic acids is 1. The molecule has 0 saturated heterocycles. The molecule has 0 aromatic heterocycles. The Kier molecular flexibility index (Phi) is 3.71. The fourth-order valence-corrected chi connectivity index (χ4v) is 2.33. The molecular weight excluding hydrogens is 272 g/mol. The van der Waals surface area contributed by atoms with E-state index in [1.165, 1.54) is 24.3 Å². The second kappa shape index (κ2) is 5.27. The van der Waals surface area contributed by atoms with Crippen LogP contribution in [0.3, 0.4) is 0 Å². The molecule has 6 heteroatoms. The molecule has 0 aliphatic heterocycles. The number of hydrogen-bond donors (Lipinski definition) is 2. The van der Waals surface area contributed by atoms with Crippen LogP contribution in [-0.2, 0) is 0 Å². The Morgan fingerprint density at radius 1 is 1.11 bits per heavy atom. The molecule has 0 heterocycles. The van der Waals surface area contributed by atoms with Gasteiger partial charge in [-0.05, 0) is 30.3 Å². The van der Waals surface area contributed by atoms with Crippen LogP contribution < -0.4 is 5.73 Å². The van der Waals surface area contributed by atoms with Crippen molar-refractivity contribution in [3.63, 3.8) is 0 Å². The number of benzene rings is 2. The van der Waals surface area contributed by atoms with Crippen LogP contribution in [0.2, 0.25) is 0 Å². The van der Waals surface area contributed by atoms with Crippen molar-refractivity contribution < 1.29 is 18.7 Å². The molecular formula is C13H9F2NO2S. The van der Waals surface area contributed by atoms with E-state index in [0.29, 0.717) is 10.6 Å². The monoisotopic (exact) mass is 281 g/mol. The first-order valence-corrected chi connectivity index (χ1v) is 6.05. The molecule has 2 aromatic carbocycles. The van der Waals surface area contributed by atoms with E-state index < -0.39 is 17.6 Å². The Bertz CT molecular complexity index is 647. The van der Waals surface area contributed by atoms with Crippen molar-refractivity contribution in [2.45, 2.75) is 9.79 Å². The molecule has 0 fully saturated rings. The van der Waals surface area contributed by atoms with E-state index in [-0.39, 0.29) is 10.5 Å². The molecule has 0 aliphatic carbocycles.